The summed E-state index contributed by atoms with van der Waals surface area (Å²) in [7, 11) is -1.08. The molecule has 0 fully saturated rings. The molecule has 2 heterocycles. The van der Waals surface area contributed by atoms with E-state index in [0.29, 0.717) is 11.8 Å². The lowest BCUT2D eigenvalue weighted by atomic mass is 10.1. The molecular weight excluding hydrogens is 657 g/mol. The number of carbonyl (C=O) groups excluding carboxylic acids is 1. The number of nitrogens with two attached hydrogens (primary N) is 1. The van der Waals surface area contributed by atoms with Crippen LogP contribution in [0.25, 0.3) is 11.3 Å². The molecule has 4 N–H and O–H groups in total. The van der Waals surface area contributed by atoms with E-state index in [4.69, 9.17) is 4.74 Å². The molecule has 0 spiro atoms. The van der Waals surface area contributed by atoms with Crippen LogP contribution >= 0.6 is 0 Å². The molecule has 2 aromatic carbocycles. The summed E-state index contributed by atoms with van der Waals surface area (Å²) < 4.78 is 113. The number of nitrogens with zero attached hydrogens (tertiary/aromatic N) is 3. The van der Waals surface area contributed by atoms with Gasteiger partial charge in [-0.1, -0.05) is 24.3 Å². The highest BCUT2D eigenvalue weighted by molar-refractivity contribution is 7.86. The van der Waals surface area contributed by atoms with Crippen LogP contribution in [0, 0.1) is 5.82 Å². The summed E-state index contributed by atoms with van der Waals surface area (Å²) in [5.41, 5.74) is 3.21. The Morgan fingerprint density at radius 1 is 0.979 bits per heavy atom. The van der Waals surface area contributed by atoms with Crippen LogP contribution in [-0.2, 0) is 29.3 Å². The normalized spacial score (nSPS) is 12.5. The van der Waals surface area contributed by atoms with Crippen LogP contribution < -0.4 is 20.5 Å². The summed E-state index contributed by atoms with van der Waals surface area (Å²) in [6, 6.07) is 12.5. The smallest absolute Gasteiger partial charge is 0.433 e. The number of halogens is 7. The lowest BCUT2D eigenvalue weighted by Gasteiger charge is -2.23. The third-order valence-electron chi connectivity index (χ3n) is 6.04. The highest BCUT2D eigenvalue weighted by Gasteiger charge is 2.33. The summed E-state index contributed by atoms with van der Waals surface area (Å²) >= 11 is 0. The van der Waals surface area contributed by atoms with Crippen LogP contribution in [0.5, 0.6) is 5.75 Å². The molecule has 0 saturated heterocycles. The minimum atomic E-state index is -4.72. The van der Waals surface area contributed by atoms with Gasteiger partial charge < -0.3 is 20.5 Å². The second kappa shape index (κ2) is 14.9. The number of benzene rings is 2. The van der Waals surface area contributed by atoms with Crippen LogP contribution in [0.1, 0.15) is 42.4 Å². The minimum absolute atomic E-state index is 0.0292. The predicted octanol–water partition coefficient (Wildman–Crippen LogP) is 7.21. The number of nitrogens with one attached hydrogen (secondary N) is 2. The Labute approximate surface area is 267 Å². The molecule has 0 aliphatic carbocycles. The van der Waals surface area contributed by atoms with Crippen molar-refractivity contribution in [1.82, 2.24) is 14.8 Å². The molecule has 0 bridgehead atoms. The maximum absolute atomic E-state index is 13.4. The van der Waals surface area contributed by atoms with Gasteiger partial charge in [-0.2, -0.15) is 31.4 Å². The Balaban J connectivity index is 0.00000294. The zero-order chi connectivity index (χ0) is 35.2. The Bertz CT molecular complexity index is 1700. The number of ether oxygens (including phenoxy) is 1. The number of hydrogen-bond acceptors (Lipinski definition) is 7. The van der Waals surface area contributed by atoms with E-state index >= 15 is 0 Å². The van der Waals surface area contributed by atoms with Gasteiger partial charge in [0.2, 0.25) is 0 Å². The molecule has 1 unspecified atom stereocenters. The number of aldehydes is 1. The van der Waals surface area contributed by atoms with Gasteiger partial charge in [0.25, 0.3) is 0 Å². The first-order chi connectivity index (χ1) is 21.9. The molecule has 47 heavy (non-hydrogen) atoms. The molecule has 0 saturated carbocycles. The summed E-state index contributed by atoms with van der Waals surface area (Å²) in [5.74, 6) is -2.38. The predicted molar refractivity (Wildman–Crippen MR) is 164 cm³/mol. The molecular formula is C30H31F7N6O3S. The van der Waals surface area contributed by atoms with Crippen LogP contribution in [0.2, 0.25) is 0 Å². The second-order valence-corrected chi connectivity index (χ2v) is 11.9. The zero-order valence-corrected chi connectivity index (χ0v) is 26.3. The third-order valence-corrected chi connectivity index (χ3v) is 7.08. The quantitative estimate of drug-likeness (QED) is 0.119. The first-order valence-electron chi connectivity index (χ1n) is 13.7. The van der Waals surface area contributed by atoms with E-state index in [1.165, 1.54) is 60.3 Å². The van der Waals surface area contributed by atoms with Crippen molar-refractivity contribution in [3.63, 3.8) is 0 Å². The van der Waals surface area contributed by atoms with Crippen molar-refractivity contribution in [1.29, 1.82) is 0 Å². The summed E-state index contributed by atoms with van der Waals surface area (Å²) in [6.45, 7) is 5.06. The maximum atomic E-state index is 13.4. The van der Waals surface area contributed by atoms with Crippen LogP contribution in [0.15, 0.2) is 60.7 Å². The Morgan fingerprint density at radius 3 is 2.21 bits per heavy atom. The standard InChI is InChI=1S/C29H26F7N5O3S.CH5N/c1-27(2,3)41-26(38-24-6-4-5-23(37-24)29(34,35)36)20(14-42)25(39-41)18-9-12-21(40-45(43)16-28(31,32)33)22(13-18)44-15-17-7-10-19(30)11-8-17;1-2/h4-14,40H,15-16H2,1-3H3,(H,37,38);2H2,1H3. The van der Waals surface area contributed by atoms with Crippen molar-refractivity contribution >= 4 is 34.6 Å². The van der Waals surface area contributed by atoms with E-state index in [2.05, 4.69) is 25.9 Å². The fourth-order valence-corrected chi connectivity index (χ4v) is 4.85. The van der Waals surface area contributed by atoms with Crippen LogP contribution in [0.4, 0.5) is 48.1 Å². The van der Waals surface area contributed by atoms with Crippen LogP contribution in [-0.4, -0.2) is 44.2 Å². The van der Waals surface area contributed by atoms with Crippen molar-refractivity contribution in [2.75, 3.05) is 22.8 Å². The summed E-state index contributed by atoms with van der Waals surface area (Å²) in [6.07, 6.45) is -8.99. The van der Waals surface area contributed by atoms with Gasteiger partial charge in [-0.05, 0) is 69.8 Å². The maximum Gasteiger partial charge on any atom is 0.433 e. The van der Waals surface area contributed by atoms with E-state index in [0.717, 1.165) is 12.1 Å². The molecule has 1 atom stereocenters. The van der Waals surface area contributed by atoms with E-state index < -0.39 is 46.1 Å². The van der Waals surface area contributed by atoms with E-state index in [1.807, 2.05) is 0 Å². The van der Waals surface area contributed by atoms with E-state index in [9.17, 15) is 39.7 Å². The largest absolute Gasteiger partial charge is 0.487 e. The highest BCUT2D eigenvalue weighted by Crippen LogP contribution is 2.38. The van der Waals surface area contributed by atoms with Gasteiger partial charge in [-0.3, -0.25) is 4.79 Å². The zero-order valence-electron chi connectivity index (χ0n) is 25.5. The Morgan fingerprint density at radius 2 is 1.64 bits per heavy atom. The first-order valence-corrected chi connectivity index (χ1v) is 15.0. The molecule has 0 aliphatic heterocycles. The van der Waals surface area contributed by atoms with Gasteiger partial charge in [0.1, 0.15) is 57.9 Å². The number of alkyl halides is 6. The van der Waals surface area contributed by atoms with Crippen molar-refractivity contribution in [3.8, 4) is 17.0 Å². The van der Waals surface area contributed by atoms with Crippen molar-refractivity contribution in [2.24, 2.45) is 5.73 Å². The van der Waals surface area contributed by atoms with Gasteiger partial charge in [0.15, 0.2) is 6.29 Å². The topological polar surface area (TPSA) is 124 Å². The average molecular weight is 689 g/mol. The molecule has 4 aromatic rings. The van der Waals surface area contributed by atoms with Crippen molar-refractivity contribution < 1.29 is 44.5 Å². The van der Waals surface area contributed by atoms with Gasteiger partial charge in [0.05, 0.1) is 16.8 Å². The number of carbonyl (C=O) groups is 1. The fourth-order valence-electron chi connectivity index (χ4n) is 4.07. The number of rotatable bonds is 10. The fraction of sp³-hybridized carbons (Fsp3) is 0.300. The summed E-state index contributed by atoms with van der Waals surface area (Å²) in [5, 5.41) is 7.31. The van der Waals surface area contributed by atoms with Crippen LogP contribution in [0.3, 0.4) is 0 Å². The molecule has 4 rings (SSSR count). The molecule has 0 radical (unpaired) electrons. The lowest BCUT2D eigenvalue weighted by Crippen LogP contribution is -2.25. The van der Waals surface area contributed by atoms with Gasteiger partial charge in [-0.15, -0.1) is 0 Å². The third kappa shape index (κ3) is 9.99. The minimum Gasteiger partial charge on any atom is -0.487 e. The highest BCUT2D eigenvalue weighted by atomic mass is 32.2. The number of anilines is 3. The second-order valence-electron chi connectivity index (χ2n) is 10.7. The average Bonchev–Trinajstić information content (AvgIpc) is 3.36. The van der Waals surface area contributed by atoms with Gasteiger partial charge >= 0.3 is 12.4 Å². The van der Waals surface area contributed by atoms with E-state index in [1.54, 1.807) is 20.8 Å². The van der Waals surface area contributed by atoms with Crippen molar-refractivity contribution in [3.05, 3.63) is 83.3 Å². The number of pyridine rings is 1. The lowest BCUT2D eigenvalue weighted by molar-refractivity contribution is -0.141. The van der Waals surface area contributed by atoms with Crippen molar-refractivity contribution in [2.45, 2.75) is 45.3 Å². The Hall–Kier alpha value is -4.51. The van der Waals surface area contributed by atoms with E-state index in [-0.39, 0.29) is 46.5 Å². The summed E-state index contributed by atoms with van der Waals surface area (Å²) in [4.78, 5) is 16.0. The van der Waals surface area contributed by atoms with Gasteiger partial charge in [-0.25, -0.2) is 18.3 Å². The molecule has 0 aliphatic rings. The van der Waals surface area contributed by atoms with Gasteiger partial charge in [0, 0.05) is 5.56 Å². The SMILES string of the molecule is CC(C)(C)n1nc(-c2ccc(NS(=O)CC(F)(F)F)c(OCc3ccc(F)cc3)c2)c(C=O)c1Nc1cccc(C(F)(F)F)n1.CN. The first kappa shape index (κ1) is 37.0. The number of aromatic nitrogens is 3. The molecule has 254 valence electrons. The monoisotopic (exact) mass is 688 g/mol. The Kier molecular flexibility index (Phi) is 11.7. The molecule has 0 amide bonds. The number of hydrogen-bond donors (Lipinski definition) is 3. The molecule has 9 nitrogen and oxygen atoms in total. The molecule has 17 heteroatoms. The molecule has 2 aromatic heterocycles.